The number of benzene rings is 1. The topological polar surface area (TPSA) is 37.4 Å². The van der Waals surface area contributed by atoms with Crippen LogP contribution in [0, 0.1) is 17.6 Å². The van der Waals surface area contributed by atoms with Crippen molar-refractivity contribution in [3.05, 3.63) is 35.4 Å². The number of hydrogen-bond acceptors (Lipinski definition) is 2. The summed E-state index contributed by atoms with van der Waals surface area (Å²) < 4.78 is 26.1. The smallest absolute Gasteiger partial charge is 0.223 e. The maximum Gasteiger partial charge on any atom is 0.223 e. The largest absolute Gasteiger partial charge is 0.335 e. The predicted molar refractivity (Wildman–Crippen MR) is 61.0 cm³/mol. The first-order valence-electron chi connectivity index (χ1n) is 5.73. The van der Waals surface area contributed by atoms with Gasteiger partial charge in [0.15, 0.2) is 5.78 Å². The highest BCUT2D eigenvalue weighted by atomic mass is 19.1. The van der Waals surface area contributed by atoms with E-state index >= 15 is 0 Å². The minimum Gasteiger partial charge on any atom is -0.335 e. The lowest BCUT2D eigenvalue weighted by Gasteiger charge is -2.15. The van der Waals surface area contributed by atoms with Crippen LogP contribution < -0.4 is 0 Å². The Balaban J connectivity index is 2.10. The number of carbonyl (C=O) groups excluding carboxylic acids is 2. The zero-order chi connectivity index (χ0) is 13.3. The highest BCUT2D eigenvalue weighted by Gasteiger charge is 2.28. The van der Waals surface area contributed by atoms with Gasteiger partial charge in [0.25, 0.3) is 0 Å². The summed E-state index contributed by atoms with van der Waals surface area (Å²) in [5, 5.41) is 0. The Hall–Kier alpha value is -1.78. The van der Waals surface area contributed by atoms with Gasteiger partial charge in [-0.25, -0.2) is 8.78 Å². The van der Waals surface area contributed by atoms with Gasteiger partial charge in [0.1, 0.15) is 11.6 Å². The average Bonchev–Trinajstić information content (AvgIpc) is 2.57. The molecule has 96 valence electrons. The van der Waals surface area contributed by atoms with Crippen molar-refractivity contribution < 1.29 is 18.4 Å². The second-order valence-electron chi connectivity index (χ2n) is 4.63. The molecule has 0 N–H and O–H groups in total. The van der Waals surface area contributed by atoms with Crippen molar-refractivity contribution in [1.82, 2.24) is 4.90 Å². The Labute approximate surface area is 103 Å². The molecule has 1 aromatic rings. The molecule has 0 bridgehead atoms. The molecule has 0 spiro atoms. The van der Waals surface area contributed by atoms with E-state index in [4.69, 9.17) is 0 Å². The van der Waals surface area contributed by atoms with Gasteiger partial charge in [-0.05, 0) is 18.1 Å². The highest BCUT2D eigenvalue weighted by molar-refractivity contribution is 5.99. The molecule has 3 nitrogen and oxygen atoms in total. The van der Waals surface area contributed by atoms with E-state index in [1.807, 2.05) is 6.92 Å². The molecule has 1 atom stereocenters. The highest BCUT2D eigenvalue weighted by Crippen LogP contribution is 2.18. The van der Waals surface area contributed by atoms with E-state index in [9.17, 15) is 18.4 Å². The number of halogens is 2. The van der Waals surface area contributed by atoms with Crippen LogP contribution in [0.4, 0.5) is 8.78 Å². The molecule has 1 saturated heterocycles. The van der Waals surface area contributed by atoms with Crippen molar-refractivity contribution in [2.24, 2.45) is 5.92 Å². The van der Waals surface area contributed by atoms with E-state index in [-0.39, 0.29) is 23.9 Å². The van der Waals surface area contributed by atoms with Crippen LogP contribution in [-0.4, -0.2) is 29.7 Å². The first kappa shape index (κ1) is 12.7. The summed E-state index contributed by atoms with van der Waals surface area (Å²) in [6, 6.07) is 2.81. The summed E-state index contributed by atoms with van der Waals surface area (Å²) in [7, 11) is 0. The average molecular weight is 253 g/mol. The SMILES string of the molecule is CC1CC(=O)N(CC(=O)c2ccc(F)cc2F)C1. The Bertz CT molecular complexity index is 502. The van der Waals surface area contributed by atoms with Gasteiger partial charge in [-0.15, -0.1) is 0 Å². The van der Waals surface area contributed by atoms with E-state index in [0.29, 0.717) is 19.0 Å². The lowest BCUT2D eigenvalue weighted by Crippen LogP contribution is -2.31. The minimum absolute atomic E-state index is 0.0987. The van der Waals surface area contributed by atoms with Crippen LogP contribution in [0.1, 0.15) is 23.7 Å². The molecule has 1 unspecified atom stereocenters. The Morgan fingerprint density at radius 1 is 1.44 bits per heavy atom. The first-order chi connectivity index (χ1) is 8.47. The van der Waals surface area contributed by atoms with E-state index in [1.165, 1.54) is 4.90 Å². The molecule has 0 radical (unpaired) electrons. The van der Waals surface area contributed by atoms with Crippen LogP contribution in [0.15, 0.2) is 18.2 Å². The summed E-state index contributed by atoms with van der Waals surface area (Å²) in [6.45, 7) is 2.28. The monoisotopic (exact) mass is 253 g/mol. The fourth-order valence-corrected chi connectivity index (χ4v) is 2.10. The second kappa shape index (κ2) is 4.84. The maximum absolute atomic E-state index is 13.4. The standard InChI is InChI=1S/C13H13F2NO2/c1-8-4-13(18)16(6-8)7-12(17)10-3-2-9(14)5-11(10)15/h2-3,5,8H,4,6-7H2,1H3. The Morgan fingerprint density at radius 3 is 2.72 bits per heavy atom. The van der Waals surface area contributed by atoms with Gasteiger partial charge >= 0.3 is 0 Å². The Kier molecular flexibility index (Phi) is 3.41. The first-order valence-corrected chi connectivity index (χ1v) is 5.73. The van der Waals surface area contributed by atoms with E-state index < -0.39 is 17.4 Å². The number of amides is 1. The van der Waals surface area contributed by atoms with Crippen molar-refractivity contribution >= 4 is 11.7 Å². The predicted octanol–water partition coefficient (Wildman–Crippen LogP) is 2.02. The molecule has 18 heavy (non-hydrogen) atoms. The number of carbonyl (C=O) groups is 2. The summed E-state index contributed by atoms with van der Waals surface area (Å²) in [6.07, 6.45) is 0.416. The van der Waals surface area contributed by atoms with Gasteiger partial charge in [0.2, 0.25) is 5.91 Å². The molecule has 1 aromatic carbocycles. The van der Waals surface area contributed by atoms with Crippen LogP contribution in [0.3, 0.4) is 0 Å². The maximum atomic E-state index is 13.4. The van der Waals surface area contributed by atoms with E-state index in [1.54, 1.807) is 0 Å². The molecule has 0 aliphatic carbocycles. The van der Waals surface area contributed by atoms with Crippen molar-refractivity contribution in [3.8, 4) is 0 Å². The molecule has 1 heterocycles. The molecule has 5 heteroatoms. The van der Waals surface area contributed by atoms with Crippen LogP contribution >= 0.6 is 0 Å². The quantitative estimate of drug-likeness (QED) is 0.773. The number of hydrogen-bond donors (Lipinski definition) is 0. The molecule has 1 aliphatic rings. The van der Waals surface area contributed by atoms with Crippen LogP contribution in [0.25, 0.3) is 0 Å². The number of ketones is 1. The van der Waals surface area contributed by atoms with Crippen molar-refractivity contribution in [2.75, 3.05) is 13.1 Å². The lowest BCUT2D eigenvalue weighted by molar-refractivity contribution is -0.127. The molecule has 2 rings (SSSR count). The van der Waals surface area contributed by atoms with Gasteiger partial charge in [0, 0.05) is 19.0 Å². The van der Waals surface area contributed by atoms with Gasteiger partial charge < -0.3 is 4.90 Å². The summed E-state index contributed by atoms with van der Waals surface area (Å²) in [5.41, 5.74) is -0.177. The fourth-order valence-electron chi connectivity index (χ4n) is 2.10. The third-order valence-electron chi connectivity index (χ3n) is 2.97. The fraction of sp³-hybridized carbons (Fsp3) is 0.385. The molecular formula is C13H13F2NO2. The minimum atomic E-state index is -0.889. The van der Waals surface area contributed by atoms with E-state index in [2.05, 4.69) is 0 Å². The zero-order valence-corrected chi connectivity index (χ0v) is 9.95. The van der Waals surface area contributed by atoms with Gasteiger partial charge in [-0.1, -0.05) is 6.92 Å². The van der Waals surface area contributed by atoms with Gasteiger partial charge in [0.05, 0.1) is 12.1 Å². The summed E-state index contributed by atoms with van der Waals surface area (Å²) in [5.74, 6) is -2.01. The normalized spacial score (nSPS) is 19.4. The van der Waals surface area contributed by atoms with Crippen LogP contribution in [0.5, 0.6) is 0 Å². The molecule has 0 aromatic heterocycles. The lowest BCUT2D eigenvalue weighted by atomic mass is 10.1. The van der Waals surface area contributed by atoms with Crippen molar-refractivity contribution in [3.63, 3.8) is 0 Å². The van der Waals surface area contributed by atoms with E-state index in [0.717, 1.165) is 12.1 Å². The molecular weight excluding hydrogens is 240 g/mol. The number of rotatable bonds is 3. The zero-order valence-electron chi connectivity index (χ0n) is 9.95. The third kappa shape index (κ3) is 2.55. The third-order valence-corrected chi connectivity index (χ3v) is 2.97. The number of likely N-dealkylation sites (tertiary alicyclic amines) is 1. The van der Waals surface area contributed by atoms with Gasteiger partial charge in [-0.2, -0.15) is 0 Å². The second-order valence-corrected chi connectivity index (χ2v) is 4.63. The van der Waals surface area contributed by atoms with Crippen molar-refractivity contribution in [1.29, 1.82) is 0 Å². The molecule has 1 aliphatic heterocycles. The number of Topliss-reactive ketones (excluding diaryl/α,β-unsaturated/α-hetero) is 1. The number of nitrogens with zero attached hydrogens (tertiary/aromatic N) is 1. The summed E-state index contributed by atoms with van der Waals surface area (Å²) in [4.78, 5) is 24.8. The molecule has 1 amide bonds. The van der Waals surface area contributed by atoms with Crippen LogP contribution in [0.2, 0.25) is 0 Å². The molecule has 1 fully saturated rings. The van der Waals surface area contributed by atoms with Crippen LogP contribution in [-0.2, 0) is 4.79 Å². The summed E-state index contributed by atoms with van der Waals surface area (Å²) >= 11 is 0. The van der Waals surface area contributed by atoms with Gasteiger partial charge in [-0.3, -0.25) is 9.59 Å². The molecule has 0 saturated carbocycles. The Morgan fingerprint density at radius 2 is 2.17 bits per heavy atom. The van der Waals surface area contributed by atoms with Crippen molar-refractivity contribution in [2.45, 2.75) is 13.3 Å².